The molecule has 2 aromatic rings. The first-order valence-corrected chi connectivity index (χ1v) is 6.97. The maximum Gasteiger partial charge on any atom is 0.261 e. The molecule has 3 rings (SSSR count). The van der Waals surface area contributed by atoms with Crippen molar-refractivity contribution in [2.75, 3.05) is 19.8 Å². The van der Waals surface area contributed by atoms with Gasteiger partial charge in [0.05, 0.1) is 23.8 Å². The van der Waals surface area contributed by atoms with E-state index in [0.29, 0.717) is 43.5 Å². The summed E-state index contributed by atoms with van der Waals surface area (Å²) in [6.45, 7) is 1.57. The van der Waals surface area contributed by atoms with Crippen molar-refractivity contribution in [3.63, 3.8) is 0 Å². The van der Waals surface area contributed by atoms with Crippen LogP contribution in [0.25, 0.3) is 10.9 Å². The second kappa shape index (κ2) is 5.54. The largest absolute Gasteiger partial charge is 0.396 e. The van der Waals surface area contributed by atoms with Crippen molar-refractivity contribution < 1.29 is 14.2 Å². The summed E-state index contributed by atoms with van der Waals surface area (Å²) in [7, 11) is 0. The summed E-state index contributed by atoms with van der Waals surface area (Å²) >= 11 is 0. The first kappa shape index (κ1) is 14.2. The van der Waals surface area contributed by atoms with E-state index in [9.17, 15) is 14.3 Å². The van der Waals surface area contributed by atoms with Gasteiger partial charge >= 0.3 is 0 Å². The van der Waals surface area contributed by atoms with Gasteiger partial charge in [-0.2, -0.15) is 0 Å². The van der Waals surface area contributed by atoms with Crippen LogP contribution in [0.5, 0.6) is 0 Å². The van der Waals surface area contributed by atoms with E-state index in [2.05, 4.69) is 4.98 Å². The van der Waals surface area contributed by atoms with Crippen LogP contribution >= 0.6 is 0 Å². The Morgan fingerprint density at radius 2 is 2.14 bits per heavy atom. The molecule has 5 nitrogen and oxygen atoms in total. The molecular formula is C15H17FN2O3. The van der Waals surface area contributed by atoms with Crippen LogP contribution in [-0.2, 0) is 11.3 Å². The van der Waals surface area contributed by atoms with E-state index >= 15 is 0 Å². The second-order valence-electron chi connectivity index (χ2n) is 5.61. The lowest BCUT2D eigenvalue weighted by molar-refractivity contribution is -0.0258. The molecule has 0 amide bonds. The molecule has 112 valence electrons. The van der Waals surface area contributed by atoms with Gasteiger partial charge in [0.15, 0.2) is 0 Å². The number of hydrogen-bond acceptors (Lipinski definition) is 4. The van der Waals surface area contributed by atoms with E-state index in [1.807, 2.05) is 0 Å². The van der Waals surface area contributed by atoms with Crippen molar-refractivity contribution in [2.45, 2.75) is 19.4 Å². The highest BCUT2D eigenvalue weighted by Crippen LogP contribution is 2.31. The van der Waals surface area contributed by atoms with Gasteiger partial charge in [-0.3, -0.25) is 9.36 Å². The molecule has 6 heteroatoms. The number of ether oxygens (including phenoxy) is 1. The molecule has 1 fully saturated rings. The van der Waals surface area contributed by atoms with Crippen LogP contribution in [0.1, 0.15) is 12.8 Å². The minimum absolute atomic E-state index is 0.00422. The monoisotopic (exact) mass is 292 g/mol. The van der Waals surface area contributed by atoms with E-state index in [1.165, 1.54) is 29.1 Å². The molecule has 0 atom stereocenters. The molecule has 2 heterocycles. The Bertz CT molecular complexity index is 708. The molecule has 1 aromatic heterocycles. The van der Waals surface area contributed by atoms with Crippen LogP contribution in [0.3, 0.4) is 0 Å². The zero-order valence-electron chi connectivity index (χ0n) is 11.6. The Morgan fingerprint density at radius 1 is 1.38 bits per heavy atom. The van der Waals surface area contributed by atoms with Gasteiger partial charge in [0.2, 0.25) is 0 Å². The Kier molecular flexibility index (Phi) is 3.73. The van der Waals surface area contributed by atoms with Crippen LogP contribution in [0.15, 0.2) is 29.3 Å². The van der Waals surface area contributed by atoms with E-state index in [-0.39, 0.29) is 17.6 Å². The Morgan fingerprint density at radius 3 is 2.86 bits per heavy atom. The lowest BCUT2D eigenvalue weighted by Crippen LogP contribution is -2.39. The van der Waals surface area contributed by atoms with Gasteiger partial charge in [0, 0.05) is 31.2 Å². The molecule has 0 radical (unpaired) electrons. The number of aliphatic hydroxyl groups excluding tert-OH is 1. The summed E-state index contributed by atoms with van der Waals surface area (Å²) < 4.78 is 20.0. The fraction of sp³-hybridized carbons (Fsp3) is 0.467. The standard InChI is InChI=1S/C15H17FN2O3/c16-11-1-2-12-13(7-11)17-10-18(14(12)20)8-15(9-19)3-5-21-6-4-15/h1-2,7,10,19H,3-6,8-9H2. The average molecular weight is 292 g/mol. The minimum atomic E-state index is -0.414. The van der Waals surface area contributed by atoms with Crippen molar-refractivity contribution in [2.24, 2.45) is 5.41 Å². The quantitative estimate of drug-likeness (QED) is 0.927. The van der Waals surface area contributed by atoms with Crippen LogP contribution in [0.4, 0.5) is 4.39 Å². The minimum Gasteiger partial charge on any atom is -0.396 e. The third-order valence-electron chi connectivity index (χ3n) is 4.18. The van der Waals surface area contributed by atoms with Gasteiger partial charge in [-0.15, -0.1) is 0 Å². The molecule has 1 aliphatic heterocycles. The lowest BCUT2D eigenvalue weighted by atomic mass is 9.81. The van der Waals surface area contributed by atoms with E-state index in [4.69, 9.17) is 4.74 Å². The van der Waals surface area contributed by atoms with Gasteiger partial charge in [0.25, 0.3) is 5.56 Å². The van der Waals surface area contributed by atoms with Gasteiger partial charge in [0.1, 0.15) is 5.82 Å². The predicted molar refractivity (Wildman–Crippen MR) is 75.5 cm³/mol. The summed E-state index contributed by atoms with van der Waals surface area (Å²) in [4.78, 5) is 16.6. The third kappa shape index (κ3) is 2.69. The zero-order valence-corrected chi connectivity index (χ0v) is 11.6. The molecule has 1 aromatic carbocycles. The SMILES string of the molecule is O=c1c2ccc(F)cc2ncn1CC1(CO)CCOCC1. The predicted octanol–water partition coefficient (Wildman–Crippen LogP) is 1.32. The highest BCUT2D eigenvalue weighted by molar-refractivity contribution is 5.77. The van der Waals surface area contributed by atoms with Gasteiger partial charge in [-0.05, 0) is 25.0 Å². The fourth-order valence-electron chi connectivity index (χ4n) is 2.78. The van der Waals surface area contributed by atoms with Crippen LogP contribution in [-0.4, -0.2) is 34.5 Å². The van der Waals surface area contributed by atoms with Crippen LogP contribution in [0, 0.1) is 11.2 Å². The maximum absolute atomic E-state index is 13.2. The number of rotatable bonds is 3. The summed E-state index contributed by atoms with van der Waals surface area (Å²) in [5.41, 5.74) is -0.210. The summed E-state index contributed by atoms with van der Waals surface area (Å²) in [5, 5.41) is 10.1. The molecule has 1 aliphatic rings. The molecule has 0 aliphatic carbocycles. The number of fused-ring (bicyclic) bond motifs is 1. The van der Waals surface area contributed by atoms with Crippen molar-refractivity contribution in [1.82, 2.24) is 9.55 Å². The molecule has 1 saturated heterocycles. The topological polar surface area (TPSA) is 64.4 Å². The van der Waals surface area contributed by atoms with E-state index in [1.54, 1.807) is 0 Å². The van der Waals surface area contributed by atoms with Gasteiger partial charge in [-0.25, -0.2) is 9.37 Å². The first-order valence-electron chi connectivity index (χ1n) is 6.97. The van der Waals surface area contributed by atoms with Crippen molar-refractivity contribution >= 4 is 10.9 Å². The maximum atomic E-state index is 13.2. The highest BCUT2D eigenvalue weighted by atomic mass is 19.1. The van der Waals surface area contributed by atoms with E-state index < -0.39 is 5.82 Å². The van der Waals surface area contributed by atoms with Gasteiger partial charge < -0.3 is 9.84 Å². The van der Waals surface area contributed by atoms with Gasteiger partial charge in [-0.1, -0.05) is 0 Å². The lowest BCUT2D eigenvalue weighted by Gasteiger charge is -2.35. The van der Waals surface area contributed by atoms with E-state index in [0.717, 1.165) is 0 Å². The number of aliphatic hydroxyl groups is 1. The highest BCUT2D eigenvalue weighted by Gasteiger charge is 2.32. The summed E-state index contributed by atoms with van der Waals surface area (Å²) in [6, 6.07) is 3.95. The number of halogens is 1. The normalized spacial score (nSPS) is 18.0. The van der Waals surface area contributed by atoms with Crippen LogP contribution in [0.2, 0.25) is 0 Å². The molecule has 0 spiro atoms. The first-order chi connectivity index (χ1) is 10.1. The molecule has 0 bridgehead atoms. The van der Waals surface area contributed by atoms with Crippen molar-refractivity contribution in [3.05, 3.63) is 40.7 Å². The zero-order chi connectivity index (χ0) is 14.9. The summed E-state index contributed by atoms with van der Waals surface area (Å²) in [5.74, 6) is -0.414. The smallest absolute Gasteiger partial charge is 0.261 e. The molecule has 1 N–H and O–H groups in total. The molecule has 21 heavy (non-hydrogen) atoms. The Hall–Kier alpha value is -1.79. The average Bonchev–Trinajstić information content (AvgIpc) is 2.51. The molecule has 0 saturated carbocycles. The fourth-order valence-corrected chi connectivity index (χ4v) is 2.78. The van der Waals surface area contributed by atoms with Crippen molar-refractivity contribution in [3.8, 4) is 0 Å². The third-order valence-corrected chi connectivity index (χ3v) is 4.18. The summed E-state index contributed by atoms with van der Waals surface area (Å²) in [6.07, 6.45) is 2.84. The number of hydrogen-bond donors (Lipinski definition) is 1. The van der Waals surface area contributed by atoms with Crippen molar-refractivity contribution in [1.29, 1.82) is 0 Å². The Balaban J connectivity index is 1.99. The number of benzene rings is 1. The number of nitrogens with zero attached hydrogens (tertiary/aromatic N) is 2. The Labute approximate surface area is 121 Å². The molecular weight excluding hydrogens is 275 g/mol. The second-order valence-corrected chi connectivity index (χ2v) is 5.61. The van der Waals surface area contributed by atoms with Crippen LogP contribution < -0.4 is 5.56 Å². The number of aromatic nitrogens is 2. The molecule has 0 unspecified atom stereocenters.